The fourth-order valence-corrected chi connectivity index (χ4v) is 4.24. The van der Waals surface area contributed by atoms with E-state index in [2.05, 4.69) is 5.32 Å². The monoisotopic (exact) mass is 441 g/mol. The summed E-state index contributed by atoms with van der Waals surface area (Å²) in [5.74, 6) is 2.93. The van der Waals surface area contributed by atoms with Crippen molar-refractivity contribution in [3.63, 3.8) is 0 Å². The Hall–Kier alpha value is -3.39. The second kappa shape index (κ2) is 9.18. The lowest BCUT2D eigenvalue weighted by Gasteiger charge is -2.18. The van der Waals surface area contributed by atoms with Crippen molar-refractivity contribution in [1.82, 2.24) is 5.32 Å². The SMILES string of the molecule is COc1cc(CNC(=O)c2ccc(-c3ccc4c(c3)OCCO4)s2)cc(OC)c1OC. The van der Waals surface area contributed by atoms with E-state index < -0.39 is 0 Å². The summed E-state index contributed by atoms with van der Waals surface area (Å²) in [7, 11) is 4.67. The molecular weight excluding hydrogens is 418 g/mol. The van der Waals surface area contributed by atoms with Gasteiger partial charge in [0.05, 0.1) is 26.2 Å². The Labute approximate surface area is 184 Å². The van der Waals surface area contributed by atoms with E-state index in [1.807, 2.05) is 42.5 Å². The number of rotatable bonds is 7. The lowest BCUT2D eigenvalue weighted by atomic mass is 10.1. The molecule has 3 aromatic rings. The predicted octanol–water partition coefficient (Wildman–Crippen LogP) is 4.14. The molecule has 7 nitrogen and oxygen atoms in total. The van der Waals surface area contributed by atoms with Crippen LogP contribution in [0.3, 0.4) is 0 Å². The van der Waals surface area contributed by atoms with Gasteiger partial charge in [0.15, 0.2) is 23.0 Å². The Balaban J connectivity index is 1.46. The molecule has 4 rings (SSSR count). The van der Waals surface area contributed by atoms with E-state index in [0.717, 1.165) is 27.5 Å². The van der Waals surface area contributed by atoms with Crippen molar-refractivity contribution in [3.8, 4) is 39.2 Å². The van der Waals surface area contributed by atoms with Gasteiger partial charge in [0.25, 0.3) is 5.91 Å². The number of carbonyl (C=O) groups is 1. The zero-order chi connectivity index (χ0) is 21.8. The molecule has 2 heterocycles. The van der Waals surface area contributed by atoms with Crippen molar-refractivity contribution in [2.45, 2.75) is 6.54 Å². The summed E-state index contributed by atoms with van der Waals surface area (Å²) in [5.41, 5.74) is 1.82. The molecule has 0 spiro atoms. The summed E-state index contributed by atoms with van der Waals surface area (Å²) in [5, 5.41) is 2.94. The van der Waals surface area contributed by atoms with Crippen LogP contribution in [-0.4, -0.2) is 40.5 Å². The Kier molecular flexibility index (Phi) is 6.18. The molecule has 0 radical (unpaired) electrons. The first-order valence-electron chi connectivity index (χ1n) is 9.70. The second-order valence-electron chi connectivity index (χ2n) is 6.74. The maximum absolute atomic E-state index is 12.7. The van der Waals surface area contributed by atoms with Gasteiger partial charge in [-0.2, -0.15) is 0 Å². The zero-order valence-corrected chi connectivity index (χ0v) is 18.3. The number of ether oxygens (including phenoxy) is 5. The molecule has 1 amide bonds. The molecule has 1 aliphatic heterocycles. The highest BCUT2D eigenvalue weighted by atomic mass is 32.1. The Morgan fingerprint density at radius 3 is 2.32 bits per heavy atom. The van der Waals surface area contributed by atoms with Crippen LogP contribution in [0.1, 0.15) is 15.2 Å². The van der Waals surface area contributed by atoms with Gasteiger partial charge in [0, 0.05) is 11.4 Å². The van der Waals surface area contributed by atoms with Crippen LogP contribution >= 0.6 is 11.3 Å². The van der Waals surface area contributed by atoms with Gasteiger partial charge in [-0.05, 0) is 53.6 Å². The molecule has 0 aliphatic carbocycles. The summed E-state index contributed by atoms with van der Waals surface area (Å²) in [6.45, 7) is 1.42. The molecule has 1 N–H and O–H groups in total. The van der Waals surface area contributed by atoms with Gasteiger partial charge in [0.2, 0.25) is 5.75 Å². The average Bonchev–Trinajstić information content (AvgIpc) is 3.32. The first kappa shape index (κ1) is 20.9. The number of hydrogen-bond acceptors (Lipinski definition) is 7. The average molecular weight is 442 g/mol. The topological polar surface area (TPSA) is 75.3 Å². The minimum Gasteiger partial charge on any atom is -0.493 e. The van der Waals surface area contributed by atoms with Crippen LogP contribution in [0.5, 0.6) is 28.7 Å². The van der Waals surface area contributed by atoms with Crippen molar-refractivity contribution in [2.75, 3.05) is 34.5 Å². The van der Waals surface area contributed by atoms with Crippen LogP contribution in [0.15, 0.2) is 42.5 Å². The van der Waals surface area contributed by atoms with Crippen molar-refractivity contribution in [2.24, 2.45) is 0 Å². The van der Waals surface area contributed by atoms with Gasteiger partial charge in [-0.15, -0.1) is 11.3 Å². The molecule has 1 aromatic heterocycles. The molecule has 0 saturated heterocycles. The number of nitrogens with one attached hydrogen (secondary N) is 1. The predicted molar refractivity (Wildman–Crippen MR) is 118 cm³/mol. The lowest BCUT2D eigenvalue weighted by molar-refractivity contribution is 0.0955. The maximum Gasteiger partial charge on any atom is 0.261 e. The smallest absolute Gasteiger partial charge is 0.261 e. The van der Waals surface area contributed by atoms with Gasteiger partial charge in [-0.25, -0.2) is 0 Å². The molecule has 31 heavy (non-hydrogen) atoms. The van der Waals surface area contributed by atoms with E-state index in [4.69, 9.17) is 23.7 Å². The number of carbonyl (C=O) groups excluding carboxylic acids is 1. The summed E-state index contributed by atoms with van der Waals surface area (Å²) in [6, 6.07) is 13.2. The first-order valence-corrected chi connectivity index (χ1v) is 10.5. The third-order valence-corrected chi connectivity index (χ3v) is 5.97. The van der Waals surface area contributed by atoms with Crippen molar-refractivity contribution >= 4 is 17.2 Å². The quantitative estimate of drug-likeness (QED) is 0.594. The molecule has 162 valence electrons. The number of benzene rings is 2. The van der Waals surface area contributed by atoms with E-state index in [1.54, 1.807) is 21.3 Å². The number of amides is 1. The van der Waals surface area contributed by atoms with Crippen LogP contribution in [0.4, 0.5) is 0 Å². The summed E-state index contributed by atoms with van der Waals surface area (Å²) < 4.78 is 27.3. The highest BCUT2D eigenvalue weighted by molar-refractivity contribution is 7.17. The maximum atomic E-state index is 12.7. The van der Waals surface area contributed by atoms with Crippen LogP contribution in [0.25, 0.3) is 10.4 Å². The molecule has 0 saturated carbocycles. The van der Waals surface area contributed by atoms with Crippen LogP contribution in [0.2, 0.25) is 0 Å². The van der Waals surface area contributed by atoms with Gasteiger partial charge in [-0.3, -0.25) is 4.79 Å². The molecule has 8 heteroatoms. The molecule has 2 aromatic carbocycles. The van der Waals surface area contributed by atoms with Crippen LogP contribution in [0, 0.1) is 0 Å². The van der Waals surface area contributed by atoms with E-state index >= 15 is 0 Å². The fourth-order valence-electron chi connectivity index (χ4n) is 3.32. The van der Waals surface area contributed by atoms with Gasteiger partial charge >= 0.3 is 0 Å². The molecule has 0 fully saturated rings. The standard InChI is InChI=1S/C23H23NO6S/c1-26-18-10-14(11-19(27-2)22(18)28-3)13-24-23(25)21-7-6-20(31-21)15-4-5-16-17(12-15)30-9-8-29-16/h4-7,10-12H,8-9,13H2,1-3H3,(H,24,25). The van der Waals surface area contributed by atoms with Gasteiger partial charge in [0.1, 0.15) is 13.2 Å². The van der Waals surface area contributed by atoms with E-state index in [0.29, 0.717) is 41.9 Å². The number of methoxy groups -OCH3 is 3. The van der Waals surface area contributed by atoms with Gasteiger partial charge < -0.3 is 29.0 Å². The number of hydrogen-bond donors (Lipinski definition) is 1. The normalized spacial score (nSPS) is 12.2. The third kappa shape index (κ3) is 4.39. The minimum atomic E-state index is -0.150. The third-order valence-electron chi connectivity index (χ3n) is 4.83. The lowest BCUT2D eigenvalue weighted by Crippen LogP contribution is -2.21. The number of thiophene rings is 1. The Morgan fingerprint density at radius 2 is 1.65 bits per heavy atom. The summed E-state index contributed by atoms with van der Waals surface area (Å²) in [4.78, 5) is 14.3. The van der Waals surface area contributed by atoms with E-state index in [9.17, 15) is 4.79 Å². The highest BCUT2D eigenvalue weighted by Gasteiger charge is 2.16. The molecular formula is C23H23NO6S. The second-order valence-corrected chi connectivity index (χ2v) is 7.82. The fraction of sp³-hybridized carbons (Fsp3) is 0.261. The first-order chi connectivity index (χ1) is 15.1. The van der Waals surface area contributed by atoms with Crippen LogP contribution < -0.4 is 29.0 Å². The molecule has 0 bridgehead atoms. The van der Waals surface area contributed by atoms with E-state index in [-0.39, 0.29) is 5.91 Å². The largest absolute Gasteiger partial charge is 0.493 e. The minimum absolute atomic E-state index is 0.150. The molecule has 1 aliphatic rings. The highest BCUT2D eigenvalue weighted by Crippen LogP contribution is 2.39. The van der Waals surface area contributed by atoms with Gasteiger partial charge in [-0.1, -0.05) is 0 Å². The van der Waals surface area contributed by atoms with Crippen molar-refractivity contribution in [3.05, 3.63) is 52.9 Å². The summed E-state index contributed by atoms with van der Waals surface area (Å²) >= 11 is 1.42. The van der Waals surface area contributed by atoms with Crippen LogP contribution in [-0.2, 0) is 6.54 Å². The zero-order valence-electron chi connectivity index (χ0n) is 17.5. The summed E-state index contributed by atoms with van der Waals surface area (Å²) in [6.07, 6.45) is 0. The Morgan fingerprint density at radius 1 is 0.935 bits per heavy atom. The van der Waals surface area contributed by atoms with Crippen molar-refractivity contribution in [1.29, 1.82) is 0 Å². The molecule has 0 unspecified atom stereocenters. The Bertz CT molecular complexity index is 1070. The number of fused-ring (bicyclic) bond motifs is 1. The molecule has 0 atom stereocenters. The van der Waals surface area contributed by atoms with E-state index in [1.165, 1.54) is 11.3 Å². The van der Waals surface area contributed by atoms with Crippen molar-refractivity contribution < 1.29 is 28.5 Å².